The smallest absolute Gasteiger partial charge is 0.309 e. The van der Waals surface area contributed by atoms with Gasteiger partial charge < -0.3 is 10.1 Å². The number of nitrogens with one attached hydrogen (secondary N) is 1. The van der Waals surface area contributed by atoms with Gasteiger partial charge in [0.05, 0.1) is 5.41 Å². The molecule has 0 bridgehead atoms. The lowest BCUT2D eigenvalue weighted by Gasteiger charge is -2.17. The van der Waals surface area contributed by atoms with Crippen LogP contribution in [0.25, 0.3) is 11.0 Å². The Morgan fingerprint density at radius 3 is 2.48 bits per heavy atom. The number of hydrogen-bond donors (Lipinski definition) is 2. The van der Waals surface area contributed by atoms with Gasteiger partial charge in [-0.1, -0.05) is 27.7 Å². The average molecular weight is 290 g/mol. The zero-order valence-corrected chi connectivity index (χ0v) is 13.8. The van der Waals surface area contributed by atoms with Crippen LogP contribution in [0.2, 0.25) is 0 Å². The van der Waals surface area contributed by atoms with Crippen molar-refractivity contribution in [1.82, 2.24) is 9.97 Å². The Morgan fingerprint density at radius 2 is 1.95 bits per heavy atom. The predicted octanol–water partition coefficient (Wildman–Crippen LogP) is 4.37. The Hall–Kier alpha value is -1.84. The van der Waals surface area contributed by atoms with Gasteiger partial charge in [-0.2, -0.15) is 0 Å². The minimum absolute atomic E-state index is 0.436. The number of carboxylic acids is 1. The third-order valence-electron chi connectivity index (χ3n) is 3.43. The van der Waals surface area contributed by atoms with Crippen molar-refractivity contribution in [2.45, 2.75) is 53.9 Å². The Kier molecular flexibility index (Phi) is 5.53. The molecule has 0 atom stereocenters. The molecule has 2 N–H and O–H groups in total. The number of nitrogens with zero attached hydrogens (tertiary/aromatic N) is 1. The SMILES string of the molecule is CC.CC(C)c1cnc2[nH]c(CC(C)(C)C(=O)O)cc2c1. The predicted molar refractivity (Wildman–Crippen MR) is 86.7 cm³/mol. The molecule has 21 heavy (non-hydrogen) atoms. The zero-order valence-electron chi connectivity index (χ0n) is 13.8. The van der Waals surface area contributed by atoms with Crippen molar-refractivity contribution in [3.05, 3.63) is 29.6 Å². The zero-order chi connectivity index (χ0) is 16.2. The molecule has 2 heterocycles. The van der Waals surface area contributed by atoms with Crippen LogP contribution in [0.4, 0.5) is 0 Å². The van der Waals surface area contributed by atoms with E-state index in [4.69, 9.17) is 5.11 Å². The molecule has 116 valence electrons. The Bertz CT molecular complexity index is 612. The van der Waals surface area contributed by atoms with Crippen LogP contribution < -0.4 is 0 Å². The highest BCUT2D eigenvalue weighted by Gasteiger charge is 2.28. The molecule has 0 saturated carbocycles. The molecular formula is C17H26N2O2. The number of rotatable bonds is 4. The summed E-state index contributed by atoms with van der Waals surface area (Å²) < 4.78 is 0. The van der Waals surface area contributed by atoms with Crippen LogP contribution in [0.15, 0.2) is 18.3 Å². The van der Waals surface area contributed by atoms with Crippen molar-refractivity contribution in [1.29, 1.82) is 0 Å². The van der Waals surface area contributed by atoms with Crippen molar-refractivity contribution < 1.29 is 9.90 Å². The van der Waals surface area contributed by atoms with Crippen LogP contribution in [0.1, 0.15) is 58.7 Å². The first kappa shape index (κ1) is 17.2. The van der Waals surface area contributed by atoms with E-state index < -0.39 is 11.4 Å². The molecule has 4 nitrogen and oxygen atoms in total. The highest BCUT2D eigenvalue weighted by atomic mass is 16.4. The number of aromatic amines is 1. The summed E-state index contributed by atoms with van der Waals surface area (Å²) in [7, 11) is 0. The van der Waals surface area contributed by atoms with Crippen molar-refractivity contribution in [3.63, 3.8) is 0 Å². The molecule has 0 aliphatic rings. The molecule has 0 fully saturated rings. The standard InChI is InChI=1S/C15H20N2O2.C2H6/c1-9(2)11-5-10-6-12(17-13(10)16-8-11)7-15(3,4)14(18)19;1-2/h5-6,8-9H,7H2,1-4H3,(H,16,17)(H,18,19);1-2H3. The van der Waals surface area contributed by atoms with Crippen LogP contribution in [0, 0.1) is 5.41 Å². The van der Waals surface area contributed by atoms with Gasteiger partial charge in [-0.3, -0.25) is 4.79 Å². The first-order valence-corrected chi connectivity index (χ1v) is 7.50. The number of hydrogen-bond acceptors (Lipinski definition) is 2. The number of aliphatic carboxylic acids is 1. The molecule has 2 aromatic heterocycles. The molecule has 0 aromatic carbocycles. The minimum atomic E-state index is -0.790. The van der Waals surface area contributed by atoms with Crippen LogP contribution >= 0.6 is 0 Å². The summed E-state index contributed by atoms with van der Waals surface area (Å²) >= 11 is 0. The van der Waals surface area contributed by atoms with Gasteiger partial charge in [0.15, 0.2) is 0 Å². The van der Waals surface area contributed by atoms with Gasteiger partial charge in [-0.25, -0.2) is 4.98 Å². The van der Waals surface area contributed by atoms with Gasteiger partial charge >= 0.3 is 5.97 Å². The van der Waals surface area contributed by atoms with Crippen molar-refractivity contribution in [2.75, 3.05) is 0 Å². The number of pyridine rings is 1. The number of carbonyl (C=O) groups is 1. The van der Waals surface area contributed by atoms with E-state index in [0.717, 1.165) is 16.7 Å². The first-order chi connectivity index (χ1) is 9.79. The van der Waals surface area contributed by atoms with E-state index in [0.29, 0.717) is 12.3 Å². The number of aromatic nitrogens is 2. The summed E-state index contributed by atoms with van der Waals surface area (Å²) in [6.07, 6.45) is 2.34. The molecule has 0 aliphatic carbocycles. The molecule has 2 aromatic rings. The summed E-state index contributed by atoms with van der Waals surface area (Å²) in [4.78, 5) is 18.7. The lowest BCUT2D eigenvalue weighted by molar-refractivity contribution is -0.146. The summed E-state index contributed by atoms with van der Waals surface area (Å²) in [5.41, 5.74) is 2.15. The largest absolute Gasteiger partial charge is 0.481 e. The summed E-state index contributed by atoms with van der Waals surface area (Å²) in [6, 6.07) is 4.11. The maximum Gasteiger partial charge on any atom is 0.309 e. The van der Waals surface area contributed by atoms with E-state index in [1.807, 2.05) is 26.1 Å². The lowest BCUT2D eigenvalue weighted by Crippen LogP contribution is -2.26. The summed E-state index contributed by atoms with van der Waals surface area (Å²) in [6.45, 7) is 11.7. The van der Waals surface area contributed by atoms with Gasteiger partial charge in [0.1, 0.15) is 5.65 Å². The van der Waals surface area contributed by atoms with Crippen LogP contribution in [-0.4, -0.2) is 21.0 Å². The fourth-order valence-corrected chi connectivity index (χ4v) is 2.05. The first-order valence-electron chi connectivity index (χ1n) is 7.50. The highest BCUT2D eigenvalue weighted by Crippen LogP contribution is 2.25. The van der Waals surface area contributed by atoms with Crippen molar-refractivity contribution in [3.8, 4) is 0 Å². The van der Waals surface area contributed by atoms with Crippen LogP contribution in [0.5, 0.6) is 0 Å². The molecule has 0 radical (unpaired) electrons. The van der Waals surface area contributed by atoms with Crippen LogP contribution in [-0.2, 0) is 11.2 Å². The van der Waals surface area contributed by atoms with Gasteiger partial charge in [0.25, 0.3) is 0 Å². The van der Waals surface area contributed by atoms with E-state index in [9.17, 15) is 4.79 Å². The van der Waals surface area contributed by atoms with Gasteiger partial charge in [0, 0.05) is 23.7 Å². The van der Waals surface area contributed by atoms with E-state index in [1.54, 1.807) is 13.8 Å². The topological polar surface area (TPSA) is 66.0 Å². The fourth-order valence-electron chi connectivity index (χ4n) is 2.05. The second-order valence-corrected chi connectivity index (χ2v) is 6.02. The van der Waals surface area contributed by atoms with Crippen LogP contribution in [0.3, 0.4) is 0 Å². The highest BCUT2D eigenvalue weighted by molar-refractivity contribution is 5.78. The number of fused-ring (bicyclic) bond motifs is 1. The van der Waals surface area contributed by atoms with E-state index in [2.05, 4.69) is 29.9 Å². The summed E-state index contributed by atoms with van der Waals surface area (Å²) in [5.74, 6) is -0.354. The molecular weight excluding hydrogens is 264 g/mol. The third kappa shape index (κ3) is 4.06. The van der Waals surface area contributed by atoms with E-state index >= 15 is 0 Å². The van der Waals surface area contributed by atoms with Crippen molar-refractivity contribution >= 4 is 17.0 Å². The molecule has 0 unspecified atom stereocenters. The Balaban J connectivity index is 0.00000106. The quantitative estimate of drug-likeness (QED) is 0.879. The Labute approximate surface area is 126 Å². The fraction of sp³-hybridized carbons (Fsp3) is 0.529. The molecule has 0 aliphatic heterocycles. The van der Waals surface area contributed by atoms with Gasteiger partial charge in [-0.05, 0) is 37.5 Å². The summed E-state index contributed by atoms with van der Waals surface area (Å²) in [5, 5.41) is 10.2. The normalized spacial score (nSPS) is 11.4. The van der Waals surface area contributed by atoms with Gasteiger partial charge in [-0.15, -0.1) is 0 Å². The Morgan fingerprint density at radius 1 is 1.33 bits per heavy atom. The monoisotopic (exact) mass is 290 g/mol. The molecule has 0 spiro atoms. The third-order valence-corrected chi connectivity index (χ3v) is 3.43. The van der Waals surface area contributed by atoms with Crippen molar-refractivity contribution in [2.24, 2.45) is 5.41 Å². The molecule has 0 saturated heterocycles. The minimum Gasteiger partial charge on any atom is -0.481 e. The lowest BCUT2D eigenvalue weighted by atomic mass is 9.88. The van der Waals surface area contributed by atoms with Gasteiger partial charge in [0.2, 0.25) is 0 Å². The molecule has 2 rings (SSSR count). The maximum atomic E-state index is 11.2. The molecule has 4 heteroatoms. The van der Waals surface area contributed by atoms with E-state index in [-0.39, 0.29) is 0 Å². The number of H-pyrrole nitrogens is 1. The van der Waals surface area contributed by atoms with E-state index in [1.165, 1.54) is 5.56 Å². The number of carboxylic acid groups (broad SMARTS) is 1. The maximum absolute atomic E-state index is 11.2. The second kappa shape index (κ2) is 6.74. The molecule has 0 amide bonds. The second-order valence-electron chi connectivity index (χ2n) is 6.02. The average Bonchev–Trinajstić information content (AvgIpc) is 2.80.